The topological polar surface area (TPSA) is 95.6 Å². The molecule has 5 rings (SSSR count). The Bertz CT molecular complexity index is 1190. The number of aromatic nitrogens is 4. The van der Waals surface area contributed by atoms with Crippen molar-refractivity contribution >= 4 is 33.3 Å². The first-order chi connectivity index (χ1) is 12.6. The quantitative estimate of drug-likeness (QED) is 0.554. The van der Waals surface area contributed by atoms with Crippen LogP contribution in [0.3, 0.4) is 0 Å². The summed E-state index contributed by atoms with van der Waals surface area (Å²) in [6.45, 7) is 4.95. The van der Waals surface area contributed by atoms with Crippen molar-refractivity contribution < 1.29 is 0 Å². The van der Waals surface area contributed by atoms with Gasteiger partial charge in [0, 0.05) is 35.3 Å². The van der Waals surface area contributed by atoms with Crippen LogP contribution >= 0.6 is 0 Å². The summed E-state index contributed by atoms with van der Waals surface area (Å²) >= 11 is 0. The molecule has 0 amide bonds. The van der Waals surface area contributed by atoms with Crippen LogP contribution in [0.5, 0.6) is 0 Å². The van der Waals surface area contributed by atoms with Gasteiger partial charge in [0.15, 0.2) is 0 Å². The lowest BCUT2D eigenvalue weighted by Crippen LogP contribution is -2.31. The van der Waals surface area contributed by atoms with Crippen LogP contribution in [0.4, 0.5) is 5.82 Å². The van der Waals surface area contributed by atoms with Crippen LogP contribution in [-0.4, -0.2) is 25.6 Å². The molecule has 1 atom stereocenters. The Balaban J connectivity index is 1.89. The number of pyridine rings is 1. The second-order valence-electron chi connectivity index (χ2n) is 6.78. The van der Waals surface area contributed by atoms with Crippen LogP contribution < -0.4 is 11.5 Å². The van der Waals surface area contributed by atoms with Crippen molar-refractivity contribution in [3.8, 4) is 11.1 Å². The molecule has 4 heterocycles. The number of nitrogens with two attached hydrogens (primary N) is 2. The largest absolute Gasteiger partial charge is 0.383 e. The highest BCUT2D eigenvalue weighted by Crippen LogP contribution is 2.42. The summed E-state index contributed by atoms with van der Waals surface area (Å²) in [5.41, 5.74) is 18.2. The van der Waals surface area contributed by atoms with E-state index in [0.717, 1.165) is 50.8 Å². The third kappa shape index (κ3) is 2.06. The number of benzene rings is 1. The third-order valence-electron chi connectivity index (χ3n) is 5.01. The highest BCUT2D eigenvalue weighted by Gasteiger charge is 2.28. The summed E-state index contributed by atoms with van der Waals surface area (Å²) in [5, 5.41) is 1.92. The minimum Gasteiger partial charge on any atom is -0.383 e. The van der Waals surface area contributed by atoms with E-state index in [9.17, 15) is 0 Å². The molecule has 0 saturated carbocycles. The van der Waals surface area contributed by atoms with Crippen LogP contribution in [0.1, 0.15) is 12.1 Å². The number of nitrogen functional groups attached to an aromatic ring is 1. The van der Waals surface area contributed by atoms with Gasteiger partial charge >= 0.3 is 0 Å². The minimum absolute atomic E-state index is 0.0179. The maximum Gasteiger partial charge on any atom is 0.146 e. The number of nitrogens with zero attached hydrogens (tertiary/aromatic N) is 4. The van der Waals surface area contributed by atoms with Crippen LogP contribution in [0.25, 0.3) is 38.6 Å². The molecule has 3 aromatic heterocycles. The molecule has 0 fully saturated rings. The molecule has 1 aliphatic heterocycles. The molecule has 0 unspecified atom stereocenters. The zero-order valence-corrected chi connectivity index (χ0v) is 14.2. The monoisotopic (exact) mass is 342 g/mol. The van der Waals surface area contributed by atoms with E-state index in [1.165, 1.54) is 6.33 Å². The van der Waals surface area contributed by atoms with E-state index in [-0.39, 0.29) is 6.04 Å². The predicted octanol–water partition coefficient (Wildman–Crippen LogP) is 2.97. The highest BCUT2D eigenvalue weighted by molar-refractivity contribution is 6.06. The van der Waals surface area contributed by atoms with Crippen molar-refractivity contribution in [1.29, 1.82) is 0 Å². The van der Waals surface area contributed by atoms with Gasteiger partial charge in [-0.2, -0.15) is 0 Å². The normalized spacial score (nSPS) is 17.0. The van der Waals surface area contributed by atoms with Crippen LogP contribution in [-0.2, 0) is 6.54 Å². The van der Waals surface area contributed by atoms with Gasteiger partial charge in [-0.3, -0.25) is 4.98 Å². The van der Waals surface area contributed by atoms with Crippen molar-refractivity contribution in [1.82, 2.24) is 19.5 Å². The lowest BCUT2D eigenvalue weighted by molar-refractivity contribution is 0.543. The zero-order chi connectivity index (χ0) is 17.8. The molecule has 6 heteroatoms. The summed E-state index contributed by atoms with van der Waals surface area (Å²) < 4.78 is 2.12. The number of rotatable bonds is 1. The smallest absolute Gasteiger partial charge is 0.146 e. The molecule has 1 aliphatic rings. The van der Waals surface area contributed by atoms with Gasteiger partial charge in [-0.05, 0) is 24.1 Å². The van der Waals surface area contributed by atoms with Crippen molar-refractivity contribution in [2.24, 2.45) is 5.73 Å². The molecular weight excluding hydrogens is 324 g/mol. The predicted molar refractivity (Wildman–Crippen MR) is 104 cm³/mol. The minimum atomic E-state index is 0.0179. The molecule has 0 bridgehead atoms. The Morgan fingerprint density at radius 3 is 2.88 bits per heavy atom. The molecule has 128 valence electrons. The van der Waals surface area contributed by atoms with Crippen LogP contribution in [0.15, 0.2) is 49.4 Å². The lowest BCUT2D eigenvalue weighted by atomic mass is 9.94. The van der Waals surface area contributed by atoms with Gasteiger partial charge in [-0.15, -0.1) is 0 Å². The molecule has 4 N–H and O–H groups in total. The first-order valence-corrected chi connectivity index (χ1v) is 8.55. The van der Waals surface area contributed by atoms with Gasteiger partial charge in [0.25, 0.3) is 0 Å². The first-order valence-electron chi connectivity index (χ1n) is 8.55. The van der Waals surface area contributed by atoms with E-state index in [2.05, 4.69) is 38.2 Å². The summed E-state index contributed by atoms with van der Waals surface area (Å²) in [6.07, 6.45) is 4.13. The van der Waals surface area contributed by atoms with Crippen LogP contribution in [0, 0.1) is 0 Å². The van der Waals surface area contributed by atoms with Crippen molar-refractivity contribution in [2.45, 2.75) is 19.0 Å². The number of fused-ring (bicyclic) bond motifs is 4. The second-order valence-corrected chi connectivity index (χ2v) is 6.78. The van der Waals surface area contributed by atoms with Crippen molar-refractivity contribution in [3.05, 3.63) is 55.1 Å². The average molecular weight is 342 g/mol. The van der Waals surface area contributed by atoms with E-state index in [1.54, 1.807) is 0 Å². The number of hydrogen-bond acceptors (Lipinski definition) is 5. The average Bonchev–Trinajstić information content (AvgIpc) is 2.97. The zero-order valence-electron chi connectivity index (χ0n) is 14.2. The SMILES string of the molecule is C=C1C[C@H](N)Cn2c1c(-c1cnc3ccccc3c1)c1c(N)ncnc12. The second kappa shape index (κ2) is 5.37. The summed E-state index contributed by atoms with van der Waals surface area (Å²) in [7, 11) is 0. The van der Waals surface area contributed by atoms with Gasteiger partial charge in [-0.25, -0.2) is 9.97 Å². The Morgan fingerprint density at radius 2 is 2.00 bits per heavy atom. The molecule has 0 saturated heterocycles. The number of hydrogen-bond donors (Lipinski definition) is 2. The number of anilines is 1. The summed E-state index contributed by atoms with van der Waals surface area (Å²) in [6, 6.07) is 10.2. The van der Waals surface area contributed by atoms with E-state index >= 15 is 0 Å². The first kappa shape index (κ1) is 15.0. The standard InChI is InChI=1S/C20H18N6/c1-11-6-14(21)9-26-18(11)16(17-19(22)24-10-25-20(17)26)13-7-12-4-2-3-5-15(12)23-8-13/h2-5,7-8,10,14H,1,6,9,21H2,(H2,22,24,25)/t14-/m0/s1. The third-order valence-corrected chi connectivity index (χ3v) is 5.01. The maximum atomic E-state index is 6.25. The Kier molecular flexibility index (Phi) is 3.11. The lowest BCUT2D eigenvalue weighted by Gasteiger charge is -2.24. The fraction of sp³-hybridized carbons (Fsp3) is 0.150. The Hall–Kier alpha value is -3.25. The summed E-state index contributed by atoms with van der Waals surface area (Å²) in [5.74, 6) is 0.460. The fourth-order valence-corrected chi connectivity index (χ4v) is 3.94. The van der Waals surface area contributed by atoms with E-state index in [0.29, 0.717) is 12.4 Å². The Morgan fingerprint density at radius 1 is 1.15 bits per heavy atom. The summed E-state index contributed by atoms with van der Waals surface area (Å²) in [4.78, 5) is 13.3. The Labute approximate surface area is 150 Å². The van der Waals surface area contributed by atoms with Gasteiger partial charge in [-0.1, -0.05) is 24.8 Å². The van der Waals surface area contributed by atoms with Crippen LogP contribution in [0.2, 0.25) is 0 Å². The van der Waals surface area contributed by atoms with Crippen molar-refractivity contribution in [2.75, 3.05) is 5.73 Å². The van der Waals surface area contributed by atoms with Gasteiger partial charge < -0.3 is 16.0 Å². The van der Waals surface area contributed by atoms with Gasteiger partial charge in [0.1, 0.15) is 17.8 Å². The van der Waals surface area contributed by atoms with Crippen molar-refractivity contribution in [3.63, 3.8) is 0 Å². The molecule has 0 aliphatic carbocycles. The molecule has 6 nitrogen and oxygen atoms in total. The van der Waals surface area contributed by atoms with Gasteiger partial charge in [0.2, 0.25) is 0 Å². The van der Waals surface area contributed by atoms with E-state index < -0.39 is 0 Å². The van der Waals surface area contributed by atoms with E-state index in [1.807, 2.05) is 24.4 Å². The van der Waals surface area contributed by atoms with Gasteiger partial charge in [0.05, 0.1) is 16.6 Å². The number of para-hydroxylation sites is 1. The molecule has 0 radical (unpaired) electrons. The highest BCUT2D eigenvalue weighted by atomic mass is 15.1. The molecule has 0 spiro atoms. The molecular formula is C20H18N6. The molecule has 4 aromatic rings. The molecule has 1 aromatic carbocycles. The maximum absolute atomic E-state index is 6.25. The molecule has 26 heavy (non-hydrogen) atoms. The van der Waals surface area contributed by atoms with E-state index in [4.69, 9.17) is 11.5 Å². The fourth-order valence-electron chi connectivity index (χ4n) is 3.94.